The lowest BCUT2D eigenvalue weighted by atomic mass is 9.99. The number of aromatic nitrogens is 1. The van der Waals surface area contributed by atoms with E-state index in [4.69, 9.17) is 11.0 Å². The molecule has 1 heterocycles. The molecule has 0 atom stereocenters. The van der Waals surface area contributed by atoms with Gasteiger partial charge in [-0.25, -0.2) is 14.2 Å². The maximum atomic E-state index is 13.7. The van der Waals surface area contributed by atoms with Crippen molar-refractivity contribution in [2.45, 2.75) is 32.6 Å². The summed E-state index contributed by atoms with van der Waals surface area (Å²) in [4.78, 5) is 25.7. The SMILES string of the molecule is CCC(=O)C1=C(O)C(C2CC2)=C(F)C=CC1.N#Cc1ccc(NC(N)=O)nc1. The average Bonchev–Trinajstić information content (AvgIpc) is 3.50. The fraction of sp³-hybridized carbons (Fsp3) is 0.300. The molecular weight excluding hydrogens is 363 g/mol. The largest absolute Gasteiger partial charge is 0.507 e. The van der Waals surface area contributed by atoms with Crippen LogP contribution in [0.2, 0.25) is 0 Å². The first-order valence-corrected chi connectivity index (χ1v) is 8.81. The molecule has 2 aliphatic rings. The van der Waals surface area contributed by atoms with Gasteiger partial charge in [-0.3, -0.25) is 10.1 Å². The molecular formula is C20H21FN4O3. The Kier molecular flexibility index (Phi) is 7.04. The van der Waals surface area contributed by atoms with E-state index < -0.39 is 6.03 Å². The summed E-state index contributed by atoms with van der Waals surface area (Å²) in [5.74, 6) is -0.172. The first-order valence-electron chi connectivity index (χ1n) is 8.81. The molecule has 0 unspecified atom stereocenters. The Morgan fingerprint density at radius 3 is 2.64 bits per heavy atom. The number of allylic oxidation sites excluding steroid dienone is 5. The molecule has 0 radical (unpaired) electrons. The molecule has 0 aromatic carbocycles. The number of anilines is 1. The number of Topliss-reactive ketones (excluding diaryl/α,β-unsaturated/α-hetero) is 1. The molecule has 0 spiro atoms. The lowest BCUT2D eigenvalue weighted by molar-refractivity contribution is -0.115. The molecule has 0 saturated heterocycles. The molecule has 4 N–H and O–H groups in total. The van der Waals surface area contributed by atoms with E-state index in [1.807, 2.05) is 6.07 Å². The van der Waals surface area contributed by atoms with Gasteiger partial charge in [0.2, 0.25) is 0 Å². The van der Waals surface area contributed by atoms with Crippen LogP contribution in [-0.4, -0.2) is 21.9 Å². The third-order valence-electron chi connectivity index (χ3n) is 4.17. The van der Waals surface area contributed by atoms with E-state index >= 15 is 0 Å². The van der Waals surface area contributed by atoms with Gasteiger partial charge in [0.25, 0.3) is 0 Å². The lowest BCUT2D eigenvalue weighted by Crippen LogP contribution is -2.19. The number of halogens is 1. The number of nitrogens with two attached hydrogens (primary N) is 1. The molecule has 0 aliphatic heterocycles. The smallest absolute Gasteiger partial charge is 0.317 e. The van der Waals surface area contributed by atoms with Gasteiger partial charge in [0, 0.05) is 23.8 Å². The molecule has 28 heavy (non-hydrogen) atoms. The van der Waals surface area contributed by atoms with Crippen molar-refractivity contribution >= 4 is 17.6 Å². The van der Waals surface area contributed by atoms with Crippen LogP contribution in [0.25, 0.3) is 0 Å². The van der Waals surface area contributed by atoms with Gasteiger partial charge < -0.3 is 10.8 Å². The predicted octanol–water partition coefficient (Wildman–Crippen LogP) is 3.81. The molecule has 1 saturated carbocycles. The highest BCUT2D eigenvalue weighted by atomic mass is 19.1. The highest BCUT2D eigenvalue weighted by Gasteiger charge is 2.33. The Morgan fingerprint density at radius 2 is 2.14 bits per heavy atom. The molecule has 2 amide bonds. The summed E-state index contributed by atoms with van der Waals surface area (Å²) in [5, 5.41) is 20.7. The number of nitrogens with one attached hydrogen (secondary N) is 1. The zero-order valence-corrected chi connectivity index (χ0v) is 15.4. The van der Waals surface area contributed by atoms with Crippen molar-refractivity contribution in [3.8, 4) is 6.07 Å². The second-order valence-electron chi connectivity index (χ2n) is 6.28. The Hall–Kier alpha value is -3.47. The zero-order valence-electron chi connectivity index (χ0n) is 15.4. The van der Waals surface area contributed by atoms with E-state index in [2.05, 4.69) is 10.3 Å². The van der Waals surface area contributed by atoms with E-state index in [1.165, 1.54) is 24.4 Å². The fourth-order valence-electron chi connectivity index (χ4n) is 2.62. The van der Waals surface area contributed by atoms with E-state index in [0.717, 1.165) is 12.8 Å². The minimum atomic E-state index is -0.674. The van der Waals surface area contributed by atoms with Crippen LogP contribution in [0.15, 0.2) is 53.2 Å². The van der Waals surface area contributed by atoms with Gasteiger partial charge in [-0.05, 0) is 43.4 Å². The highest BCUT2D eigenvalue weighted by molar-refractivity contribution is 5.96. The Morgan fingerprint density at radius 1 is 1.43 bits per heavy atom. The van der Waals surface area contributed by atoms with Crippen LogP contribution in [-0.2, 0) is 4.79 Å². The number of urea groups is 1. The van der Waals surface area contributed by atoms with Gasteiger partial charge >= 0.3 is 6.03 Å². The van der Waals surface area contributed by atoms with Gasteiger partial charge in [-0.1, -0.05) is 13.0 Å². The van der Waals surface area contributed by atoms with Crippen molar-refractivity contribution in [2.24, 2.45) is 11.7 Å². The number of amides is 2. The van der Waals surface area contributed by atoms with E-state index in [0.29, 0.717) is 35.4 Å². The van der Waals surface area contributed by atoms with Crippen LogP contribution in [0.5, 0.6) is 0 Å². The Bertz CT molecular complexity index is 891. The summed E-state index contributed by atoms with van der Waals surface area (Å²) < 4.78 is 13.7. The standard InChI is InChI=1S/C13H15FO2.C7H6N4O/c1-2-11(15)9-4-3-5-10(14)12(13(9)16)8-6-7-8;8-3-5-1-2-6(10-4-5)11-7(9)12/h3,5,8,16H,2,4,6-7H2,1H3;1-2,4H,(H3,9,10,11,12). The minimum absolute atomic E-state index is 0.0995. The molecule has 3 rings (SSSR count). The van der Waals surface area contributed by atoms with Gasteiger partial charge in [-0.2, -0.15) is 5.26 Å². The van der Waals surface area contributed by atoms with Crippen molar-refractivity contribution in [3.05, 3.63) is 58.8 Å². The number of aliphatic hydroxyl groups is 1. The van der Waals surface area contributed by atoms with Gasteiger partial charge in [0.1, 0.15) is 23.5 Å². The van der Waals surface area contributed by atoms with Gasteiger partial charge in [0.15, 0.2) is 5.78 Å². The van der Waals surface area contributed by atoms with E-state index in [-0.39, 0.29) is 23.3 Å². The van der Waals surface area contributed by atoms with Gasteiger partial charge in [0.05, 0.1) is 5.56 Å². The molecule has 8 heteroatoms. The molecule has 7 nitrogen and oxygen atoms in total. The third-order valence-corrected chi connectivity index (χ3v) is 4.17. The zero-order chi connectivity index (χ0) is 20.7. The molecule has 1 aromatic rings. The van der Waals surface area contributed by atoms with Crippen LogP contribution >= 0.6 is 0 Å². The summed E-state index contributed by atoms with van der Waals surface area (Å²) in [6, 6.07) is 4.27. The number of primary amides is 1. The summed E-state index contributed by atoms with van der Waals surface area (Å²) >= 11 is 0. The second kappa shape index (κ2) is 9.46. The highest BCUT2D eigenvalue weighted by Crippen LogP contribution is 2.43. The number of nitrogens with zero attached hydrogens (tertiary/aromatic N) is 2. The van der Waals surface area contributed by atoms with Crippen molar-refractivity contribution < 1.29 is 19.1 Å². The van der Waals surface area contributed by atoms with Gasteiger partial charge in [-0.15, -0.1) is 0 Å². The maximum Gasteiger partial charge on any atom is 0.317 e. The summed E-state index contributed by atoms with van der Waals surface area (Å²) in [6.07, 6.45) is 6.77. The Labute approximate surface area is 162 Å². The van der Waals surface area contributed by atoms with Crippen molar-refractivity contribution in [3.63, 3.8) is 0 Å². The number of carbonyl (C=O) groups is 2. The number of nitriles is 1. The number of pyridine rings is 1. The summed E-state index contributed by atoms with van der Waals surface area (Å²) in [5.41, 5.74) is 5.97. The van der Waals surface area contributed by atoms with Crippen LogP contribution in [0.1, 0.15) is 38.2 Å². The van der Waals surface area contributed by atoms with Crippen LogP contribution in [0, 0.1) is 17.2 Å². The third kappa shape index (κ3) is 5.51. The average molecular weight is 384 g/mol. The van der Waals surface area contributed by atoms with E-state index in [1.54, 1.807) is 13.0 Å². The molecule has 146 valence electrons. The first-order chi connectivity index (χ1) is 13.4. The van der Waals surface area contributed by atoms with Crippen molar-refractivity contribution in [1.29, 1.82) is 5.26 Å². The molecule has 1 aromatic heterocycles. The van der Waals surface area contributed by atoms with Crippen molar-refractivity contribution in [1.82, 2.24) is 4.98 Å². The number of aliphatic hydroxyl groups excluding tert-OH is 1. The maximum absolute atomic E-state index is 13.7. The number of rotatable bonds is 4. The topological polar surface area (TPSA) is 129 Å². The lowest BCUT2D eigenvalue weighted by Gasteiger charge is -2.09. The number of ketones is 1. The first kappa shape index (κ1) is 20.8. The monoisotopic (exact) mass is 384 g/mol. The normalized spacial score (nSPS) is 15.9. The quantitative estimate of drug-likeness (QED) is 0.727. The minimum Gasteiger partial charge on any atom is -0.507 e. The molecule has 1 fully saturated rings. The predicted molar refractivity (Wildman–Crippen MR) is 102 cm³/mol. The molecule has 0 bridgehead atoms. The van der Waals surface area contributed by atoms with Crippen LogP contribution in [0.4, 0.5) is 15.0 Å². The fourth-order valence-corrected chi connectivity index (χ4v) is 2.62. The molecule has 2 aliphatic carbocycles. The summed E-state index contributed by atoms with van der Waals surface area (Å²) in [7, 11) is 0. The van der Waals surface area contributed by atoms with E-state index in [9.17, 15) is 19.1 Å². The number of carbonyl (C=O) groups excluding carboxylic acids is 2. The Balaban J connectivity index is 0.000000209. The number of hydrogen-bond donors (Lipinski definition) is 3. The van der Waals surface area contributed by atoms with Crippen LogP contribution in [0.3, 0.4) is 0 Å². The van der Waals surface area contributed by atoms with Crippen LogP contribution < -0.4 is 11.1 Å². The summed E-state index contributed by atoms with van der Waals surface area (Å²) in [6.45, 7) is 1.74. The number of hydrogen-bond acceptors (Lipinski definition) is 5. The second-order valence-corrected chi connectivity index (χ2v) is 6.28. The van der Waals surface area contributed by atoms with Crippen molar-refractivity contribution in [2.75, 3.05) is 5.32 Å².